The van der Waals surface area contributed by atoms with Crippen molar-refractivity contribution < 1.29 is 23.7 Å². The first-order chi connectivity index (χ1) is 20.6. The maximum atomic E-state index is 12.4. The fourth-order valence-electron chi connectivity index (χ4n) is 5.86. The van der Waals surface area contributed by atoms with Crippen LogP contribution in [0.1, 0.15) is 47.3 Å². The minimum absolute atomic E-state index is 0.0636. The van der Waals surface area contributed by atoms with Crippen LogP contribution in [-0.4, -0.2) is 30.7 Å². The Morgan fingerprint density at radius 2 is 1.48 bits per heavy atom. The summed E-state index contributed by atoms with van der Waals surface area (Å²) in [5.41, 5.74) is 4.28. The molecule has 0 spiro atoms. The van der Waals surface area contributed by atoms with E-state index in [2.05, 4.69) is 18.2 Å². The average molecular weight is 583 g/mol. The molecule has 0 N–H and O–H groups in total. The van der Waals surface area contributed by atoms with Crippen molar-refractivity contribution >= 4 is 17.9 Å². The molecule has 2 fully saturated rings. The van der Waals surface area contributed by atoms with E-state index in [1.807, 2.05) is 91.9 Å². The fraction of sp³-hybridized carbons (Fsp3) is 0.306. The number of halogens is 1. The summed E-state index contributed by atoms with van der Waals surface area (Å²) < 4.78 is 25.4. The quantitative estimate of drug-likeness (QED) is 0.162. The zero-order valence-corrected chi connectivity index (χ0v) is 24.4. The van der Waals surface area contributed by atoms with Crippen molar-refractivity contribution in [2.75, 3.05) is 6.61 Å². The molecule has 4 aromatic carbocycles. The molecule has 5 nitrogen and oxygen atoms in total. The van der Waals surface area contributed by atoms with Crippen molar-refractivity contribution in [3.63, 3.8) is 0 Å². The zero-order chi connectivity index (χ0) is 28.9. The van der Waals surface area contributed by atoms with Crippen LogP contribution in [-0.2, 0) is 38.6 Å². The summed E-state index contributed by atoms with van der Waals surface area (Å²) in [6, 6.07) is 34.2. The second-order valence-electron chi connectivity index (χ2n) is 11.0. The number of ether oxygens (including phenoxy) is 4. The summed E-state index contributed by atoms with van der Waals surface area (Å²) in [5.74, 6) is 0.779. The van der Waals surface area contributed by atoms with Crippen molar-refractivity contribution in [2.45, 2.75) is 56.9 Å². The molecule has 2 aliphatic rings. The smallest absolute Gasteiger partial charge is 0.152 e. The first-order valence-corrected chi connectivity index (χ1v) is 14.9. The summed E-state index contributed by atoms with van der Waals surface area (Å²) in [6.07, 6.45) is 0.973. The lowest BCUT2D eigenvalue weighted by molar-refractivity contribution is -0.210. The molecule has 5 atom stereocenters. The largest absolute Gasteiger partial charge is 0.494 e. The zero-order valence-electron chi connectivity index (χ0n) is 23.7. The van der Waals surface area contributed by atoms with Crippen LogP contribution >= 0.6 is 11.6 Å². The van der Waals surface area contributed by atoms with Gasteiger partial charge in [0, 0.05) is 10.9 Å². The molecule has 1 saturated heterocycles. The van der Waals surface area contributed by atoms with Crippen LogP contribution in [0.25, 0.3) is 0 Å². The highest BCUT2D eigenvalue weighted by Crippen LogP contribution is 2.58. The Kier molecular flexibility index (Phi) is 8.73. The van der Waals surface area contributed by atoms with E-state index in [1.54, 1.807) is 0 Å². The van der Waals surface area contributed by atoms with E-state index in [4.69, 9.17) is 30.5 Å². The Balaban J connectivity index is 1.30. The molecule has 1 heterocycles. The number of benzene rings is 4. The monoisotopic (exact) mass is 582 g/mol. The van der Waals surface area contributed by atoms with E-state index >= 15 is 0 Å². The molecule has 0 aromatic heterocycles. The van der Waals surface area contributed by atoms with Gasteiger partial charge in [0.1, 0.15) is 23.6 Å². The van der Waals surface area contributed by atoms with Gasteiger partial charge in [-0.3, -0.25) is 0 Å². The van der Waals surface area contributed by atoms with E-state index < -0.39 is 17.8 Å². The number of carbonyl (C=O) groups is 1. The Morgan fingerprint density at radius 1 is 0.833 bits per heavy atom. The standard InChI is InChI=1S/C36H35ClO5/c1-2-39-30-16-13-25(14-17-30)19-29-20-28(15-18-32(29)37)33-35(41-23-27-11-7-4-8-12-27)34(31-21-36(31,24-38)42-33)40-22-26-9-5-3-6-10-26/h3-18,20,24,31,33-35H,2,19,21-23H2,1H3/t31-,33+,34+,35+,36+/m1/s1. The molecule has 0 unspecified atom stereocenters. The lowest BCUT2D eigenvalue weighted by atomic mass is 9.91. The molecule has 1 saturated carbocycles. The minimum Gasteiger partial charge on any atom is -0.494 e. The van der Waals surface area contributed by atoms with Gasteiger partial charge in [-0.25, -0.2) is 0 Å². The van der Waals surface area contributed by atoms with Crippen LogP contribution in [0.15, 0.2) is 103 Å². The Morgan fingerprint density at radius 3 is 2.10 bits per heavy atom. The Bertz CT molecular complexity index is 1480. The summed E-state index contributed by atoms with van der Waals surface area (Å²) in [6.45, 7) is 3.43. The van der Waals surface area contributed by atoms with Gasteiger partial charge < -0.3 is 23.7 Å². The second kappa shape index (κ2) is 12.8. The van der Waals surface area contributed by atoms with Crippen LogP contribution in [0.2, 0.25) is 5.02 Å². The number of carbonyl (C=O) groups excluding carboxylic acids is 1. The topological polar surface area (TPSA) is 54.0 Å². The number of rotatable bonds is 12. The molecule has 0 radical (unpaired) electrons. The van der Waals surface area contributed by atoms with Crippen LogP contribution in [0, 0.1) is 5.92 Å². The first-order valence-electron chi connectivity index (χ1n) is 14.5. The SMILES string of the molecule is CCOc1ccc(Cc2cc([C@@H]3O[C@]4(C=O)C[C@@H]4[C@H](OCc4ccccc4)[C@H]3OCc3ccccc3)ccc2Cl)cc1. The predicted molar refractivity (Wildman–Crippen MR) is 163 cm³/mol. The molecule has 216 valence electrons. The van der Waals surface area contributed by atoms with Crippen LogP contribution < -0.4 is 4.74 Å². The maximum absolute atomic E-state index is 12.4. The van der Waals surface area contributed by atoms with Crippen LogP contribution in [0.3, 0.4) is 0 Å². The number of hydrogen-bond donors (Lipinski definition) is 0. The van der Waals surface area contributed by atoms with Gasteiger partial charge in [-0.1, -0.05) is 96.5 Å². The normalized spacial score (nSPS) is 24.5. The highest BCUT2D eigenvalue weighted by molar-refractivity contribution is 6.31. The van der Waals surface area contributed by atoms with E-state index in [9.17, 15) is 4.79 Å². The van der Waals surface area contributed by atoms with Gasteiger partial charge >= 0.3 is 0 Å². The minimum atomic E-state index is -0.868. The summed E-state index contributed by atoms with van der Waals surface area (Å²) in [7, 11) is 0. The number of hydrogen-bond acceptors (Lipinski definition) is 5. The Hall–Kier alpha value is -3.48. The molecule has 6 rings (SSSR count). The molecule has 6 heteroatoms. The third-order valence-electron chi connectivity index (χ3n) is 8.17. The van der Waals surface area contributed by atoms with Gasteiger partial charge in [0.2, 0.25) is 0 Å². The van der Waals surface area contributed by atoms with Crippen molar-refractivity contribution in [2.24, 2.45) is 5.92 Å². The molecule has 0 bridgehead atoms. The van der Waals surface area contributed by atoms with Crippen molar-refractivity contribution in [3.8, 4) is 5.75 Å². The van der Waals surface area contributed by atoms with Gasteiger partial charge in [0.05, 0.1) is 25.9 Å². The molecule has 4 aromatic rings. The van der Waals surface area contributed by atoms with Gasteiger partial charge in [0.15, 0.2) is 6.29 Å². The van der Waals surface area contributed by atoms with Gasteiger partial charge in [-0.15, -0.1) is 0 Å². The van der Waals surface area contributed by atoms with E-state index in [1.165, 1.54) is 0 Å². The highest BCUT2D eigenvalue weighted by atomic mass is 35.5. The fourth-order valence-corrected chi connectivity index (χ4v) is 6.05. The van der Waals surface area contributed by atoms with Gasteiger partial charge in [-0.05, 0) is 65.8 Å². The average Bonchev–Trinajstić information content (AvgIpc) is 3.77. The molecule has 1 aliphatic heterocycles. The second-order valence-corrected chi connectivity index (χ2v) is 11.5. The molecular formula is C36H35ClO5. The van der Waals surface area contributed by atoms with Crippen LogP contribution in [0.4, 0.5) is 0 Å². The van der Waals surface area contributed by atoms with Crippen molar-refractivity contribution in [1.82, 2.24) is 0 Å². The predicted octanol–water partition coefficient (Wildman–Crippen LogP) is 7.53. The Labute approximate surface area is 252 Å². The van der Waals surface area contributed by atoms with E-state index in [-0.39, 0.29) is 12.0 Å². The molecule has 0 amide bonds. The first kappa shape index (κ1) is 28.6. The lowest BCUT2D eigenvalue weighted by Crippen LogP contribution is -2.48. The summed E-state index contributed by atoms with van der Waals surface area (Å²) in [4.78, 5) is 12.4. The van der Waals surface area contributed by atoms with Crippen molar-refractivity contribution in [3.05, 3.63) is 136 Å². The van der Waals surface area contributed by atoms with Gasteiger partial charge in [0.25, 0.3) is 0 Å². The van der Waals surface area contributed by atoms with Crippen LogP contribution in [0.5, 0.6) is 5.75 Å². The summed E-state index contributed by atoms with van der Waals surface area (Å²) >= 11 is 6.70. The third kappa shape index (κ3) is 6.30. The third-order valence-corrected chi connectivity index (χ3v) is 8.54. The molecular weight excluding hydrogens is 548 g/mol. The number of fused-ring (bicyclic) bond motifs is 1. The molecule has 1 aliphatic carbocycles. The van der Waals surface area contributed by atoms with E-state index in [0.717, 1.165) is 39.9 Å². The maximum Gasteiger partial charge on any atom is 0.152 e. The van der Waals surface area contributed by atoms with E-state index in [0.29, 0.717) is 37.7 Å². The molecule has 42 heavy (non-hydrogen) atoms. The van der Waals surface area contributed by atoms with Gasteiger partial charge in [-0.2, -0.15) is 0 Å². The summed E-state index contributed by atoms with van der Waals surface area (Å²) in [5, 5.41) is 0.677. The highest BCUT2D eigenvalue weighted by Gasteiger charge is 2.67. The number of aldehydes is 1. The van der Waals surface area contributed by atoms with Crippen molar-refractivity contribution in [1.29, 1.82) is 0 Å². The lowest BCUT2D eigenvalue weighted by Gasteiger charge is -2.40.